The molecular weight excluding hydrogens is 242 g/mol. The third-order valence-corrected chi connectivity index (χ3v) is 3.21. The molecule has 102 valence electrons. The Morgan fingerprint density at radius 2 is 1.95 bits per heavy atom. The molecule has 1 aromatic rings. The van der Waals surface area contributed by atoms with Gasteiger partial charge in [0.1, 0.15) is 0 Å². The third-order valence-electron chi connectivity index (χ3n) is 3.21. The zero-order valence-corrected chi connectivity index (χ0v) is 11.5. The summed E-state index contributed by atoms with van der Waals surface area (Å²) in [4.78, 5) is 12.1. The highest BCUT2D eigenvalue weighted by molar-refractivity contribution is 5.54. The van der Waals surface area contributed by atoms with Gasteiger partial charge in [0.25, 0.3) is 6.20 Å². The Labute approximate surface area is 113 Å². The maximum absolute atomic E-state index is 10.6. The van der Waals surface area contributed by atoms with Crippen molar-refractivity contribution in [2.24, 2.45) is 0 Å². The minimum atomic E-state index is -0.426. The van der Waals surface area contributed by atoms with E-state index < -0.39 is 4.92 Å². The molecule has 5 heteroatoms. The average Bonchev–Trinajstić information content (AvgIpc) is 2.75. The second-order valence-corrected chi connectivity index (χ2v) is 5.67. The minimum absolute atomic E-state index is 0.112. The van der Waals surface area contributed by atoms with E-state index in [1.807, 2.05) is 17.0 Å². The van der Waals surface area contributed by atoms with Crippen molar-refractivity contribution in [1.82, 2.24) is 5.32 Å². The number of benzene rings is 1. The lowest BCUT2D eigenvalue weighted by atomic mass is 9.87. The monoisotopic (exact) mass is 261 g/mol. The van der Waals surface area contributed by atoms with E-state index in [4.69, 9.17) is 0 Å². The predicted octanol–water partition coefficient (Wildman–Crippen LogP) is 2.47. The smallest absolute Gasteiger partial charge is 0.274 e. The van der Waals surface area contributed by atoms with E-state index >= 15 is 0 Å². The molecule has 0 radical (unpaired) electrons. The van der Waals surface area contributed by atoms with E-state index in [2.05, 4.69) is 38.2 Å². The summed E-state index contributed by atoms with van der Waals surface area (Å²) in [7, 11) is 0. The van der Waals surface area contributed by atoms with E-state index in [9.17, 15) is 10.1 Å². The van der Waals surface area contributed by atoms with E-state index in [1.165, 1.54) is 5.56 Å². The molecule has 0 amide bonds. The SMILES string of the molecule is CC(C)(C)c1ccc(N2CCNC2=C[N+](=O)[O-])cc1. The van der Waals surface area contributed by atoms with Crippen molar-refractivity contribution in [3.05, 3.63) is 52.0 Å². The Kier molecular flexibility index (Phi) is 3.46. The highest BCUT2D eigenvalue weighted by Crippen LogP contribution is 2.26. The van der Waals surface area contributed by atoms with Crippen molar-refractivity contribution in [1.29, 1.82) is 0 Å². The highest BCUT2D eigenvalue weighted by atomic mass is 16.6. The van der Waals surface area contributed by atoms with Crippen molar-refractivity contribution in [3.63, 3.8) is 0 Å². The van der Waals surface area contributed by atoms with E-state index in [0.717, 1.165) is 25.0 Å². The maximum Gasteiger partial charge on any atom is 0.274 e. The molecule has 1 N–H and O–H groups in total. The predicted molar refractivity (Wildman–Crippen MR) is 75.6 cm³/mol. The van der Waals surface area contributed by atoms with Gasteiger partial charge >= 0.3 is 0 Å². The van der Waals surface area contributed by atoms with Crippen LogP contribution in [0.3, 0.4) is 0 Å². The number of nitrogens with zero attached hydrogens (tertiary/aromatic N) is 2. The molecule has 2 rings (SSSR count). The molecule has 0 saturated carbocycles. The summed E-state index contributed by atoms with van der Waals surface area (Å²) in [5.41, 5.74) is 2.34. The van der Waals surface area contributed by atoms with Gasteiger partial charge in [-0.3, -0.25) is 10.1 Å². The molecule has 0 aromatic heterocycles. The lowest BCUT2D eigenvalue weighted by molar-refractivity contribution is -0.403. The third kappa shape index (κ3) is 3.05. The number of hydrogen-bond donors (Lipinski definition) is 1. The Bertz CT molecular complexity index is 500. The van der Waals surface area contributed by atoms with Crippen LogP contribution >= 0.6 is 0 Å². The summed E-state index contributed by atoms with van der Waals surface area (Å²) in [5, 5.41) is 13.6. The molecule has 1 heterocycles. The number of nitro groups is 1. The lowest BCUT2D eigenvalue weighted by Crippen LogP contribution is -2.20. The molecule has 19 heavy (non-hydrogen) atoms. The summed E-state index contributed by atoms with van der Waals surface area (Å²) in [6.45, 7) is 7.96. The van der Waals surface area contributed by atoms with Crippen LogP contribution < -0.4 is 10.2 Å². The summed E-state index contributed by atoms with van der Waals surface area (Å²) in [6, 6.07) is 8.19. The summed E-state index contributed by atoms with van der Waals surface area (Å²) >= 11 is 0. The van der Waals surface area contributed by atoms with Crippen LogP contribution in [0.4, 0.5) is 5.69 Å². The Morgan fingerprint density at radius 3 is 2.47 bits per heavy atom. The van der Waals surface area contributed by atoms with Crippen molar-refractivity contribution in [3.8, 4) is 0 Å². The minimum Gasteiger partial charge on any atom is -0.365 e. The number of rotatable bonds is 2. The Balaban J connectivity index is 2.25. The molecule has 0 bridgehead atoms. The van der Waals surface area contributed by atoms with Gasteiger partial charge in [-0.2, -0.15) is 0 Å². The molecule has 1 aliphatic rings. The van der Waals surface area contributed by atoms with Crippen LogP contribution in [0.5, 0.6) is 0 Å². The molecule has 1 saturated heterocycles. The first kappa shape index (κ1) is 13.4. The number of hydrogen-bond acceptors (Lipinski definition) is 4. The molecule has 0 atom stereocenters. The molecular formula is C14H19N3O2. The van der Waals surface area contributed by atoms with Crippen LogP contribution in [0.1, 0.15) is 26.3 Å². The average molecular weight is 261 g/mol. The van der Waals surface area contributed by atoms with E-state index in [-0.39, 0.29) is 5.41 Å². The van der Waals surface area contributed by atoms with Gasteiger partial charge < -0.3 is 10.2 Å². The number of anilines is 1. The van der Waals surface area contributed by atoms with E-state index in [0.29, 0.717) is 5.82 Å². The summed E-state index contributed by atoms with van der Waals surface area (Å²) in [5.74, 6) is 0.550. The molecule has 0 spiro atoms. The molecule has 1 aromatic carbocycles. The van der Waals surface area contributed by atoms with Crippen molar-refractivity contribution in [2.45, 2.75) is 26.2 Å². The fraction of sp³-hybridized carbons (Fsp3) is 0.429. The molecule has 0 aliphatic carbocycles. The maximum atomic E-state index is 10.6. The fourth-order valence-corrected chi connectivity index (χ4v) is 2.14. The standard InChI is InChI=1S/C14H19N3O2/c1-14(2,3)11-4-6-12(7-5-11)16-9-8-15-13(16)10-17(18)19/h4-7,10,15H,8-9H2,1-3H3. The van der Waals surface area contributed by atoms with Gasteiger partial charge in [-0.25, -0.2) is 0 Å². The van der Waals surface area contributed by atoms with Gasteiger partial charge in [-0.15, -0.1) is 0 Å². The second kappa shape index (κ2) is 4.91. The highest BCUT2D eigenvalue weighted by Gasteiger charge is 2.21. The van der Waals surface area contributed by atoms with Crippen LogP contribution in [-0.4, -0.2) is 18.0 Å². The molecule has 5 nitrogen and oxygen atoms in total. The Hall–Kier alpha value is -2.04. The van der Waals surface area contributed by atoms with Crippen LogP contribution in [0, 0.1) is 10.1 Å². The number of nitrogens with one attached hydrogen (secondary N) is 1. The summed E-state index contributed by atoms with van der Waals surface area (Å²) < 4.78 is 0. The zero-order chi connectivity index (χ0) is 14.0. The van der Waals surface area contributed by atoms with Crippen LogP contribution in [0.15, 0.2) is 36.3 Å². The summed E-state index contributed by atoms with van der Waals surface area (Å²) in [6.07, 6.45) is 1.02. The first-order valence-corrected chi connectivity index (χ1v) is 6.35. The largest absolute Gasteiger partial charge is 0.365 e. The fourth-order valence-electron chi connectivity index (χ4n) is 2.14. The quantitative estimate of drug-likeness (QED) is 0.656. The zero-order valence-electron chi connectivity index (χ0n) is 11.5. The first-order chi connectivity index (χ1) is 8.88. The van der Waals surface area contributed by atoms with E-state index in [1.54, 1.807) is 0 Å². The first-order valence-electron chi connectivity index (χ1n) is 6.35. The van der Waals surface area contributed by atoms with Gasteiger partial charge in [-0.1, -0.05) is 32.9 Å². The van der Waals surface area contributed by atoms with Gasteiger partial charge in [0, 0.05) is 18.8 Å². The van der Waals surface area contributed by atoms with Crippen LogP contribution in [0.2, 0.25) is 0 Å². The van der Waals surface area contributed by atoms with Crippen molar-refractivity contribution >= 4 is 5.69 Å². The Morgan fingerprint density at radius 1 is 1.32 bits per heavy atom. The van der Waals surface area contributed by atoms with Gasteiger partial charge in [0.2, 0.25) is 0 Å². The van der Waals surface area contributed by atoms with Crippen LogP contribution in [-0.2, 0) is 5.41 Å². The lowest BCUT2D eigenvalue weighted by Gasteiger charge is -2.22. The molecule has 1 fully saturated rings. The van der Waals surface area contributed by atoms with Gasteiger partial charge in [0.15, 0.2) is 5.82 Å². The topological polar surface area (TPSA) is 58.4 Å². The van der Waals surface area contributed by atoms with Gasteiger partial charge in [-0.05, 0) is 23.1 Å². The molecule has 1 aliphatic heterocycles. The second-order valence-electron chi connectivity index (χ2n) is 5.67. The molecule has 0 unspecified atom stereocenters. The van der Waals surface area contributed by atoms with Crippen molar-refractivity contribution in [2.75, 3.05) is 18.0 Å². The van der Waals surface area contributed by atoms with Gasteiger partial charge in [0.05, 0.1) is 4.92 Å². The van der Waals surface area contributed by atoms with Crippen molar-refractivity contribution < 1.29 is 4.92 Å². The van der Waals surface area contributed by atoms with Crippen LogP contribution in [0.25, 0.3) is 0 Å². The normalized spacial score (nSPS) is 17.6.